The van der Waals surface area contributed by atoms with E-state index in [0.717, 1.165) is 32.2 Å². The molecule has 1 aliphatic carbocycles. The SMILES string of the molecule is CS(=O)(=O)NCC1CCCN(C(=O)C2CCCCC2)C1. The first-order valence-electron chi connectivity index (χ1n) is 7.69. The van der Waals surface area contributed by atoms with Crippen LogP contribution in [-0.4, -0.2) is 45.1 Å². The number of carbonyl (C=O) groups excluding carboxylic acids is 1. The number of piperidine rings is 1. The topological polar surface area (TPSA) is 66.5 Å². The molecule has 5 nitrogen and oxygen atoms in total. The molecule has 0 radical (unpaired) electrons. The highest BCUT2D eigenvalue weighted by molar-refractivity contribution is 7.88. The van der Waals surface area contributed by atoms with Gasteiger partial charge in [-0.15, -0.1) is 0 Å². The first-order valence-corrected chi connectivity index (χ1v) is 9.58. The highest BCUT2D eigenvalue weighted by Gasteiger charge is 2.29. The van der Waals surface area contributed by atoms with Crippen molar-refractivity contribution in [1.29, 1.82) is 0 Å². The lowest BCUT2D eigenvalue weighted by molar-refractivity contribution is -0.138. The van der Waals surface area contributed by atoms with Crippen molar-refractivity contribution in [2.45, 2.75) is 44.9 Å². The molecule has 1 heterocycles. The molecular weight excluding hydrogens is 276 g/mol. The van der Waals surface area contributed by atoms with E-state index in [0.29, 0.717) is 19.0 Å². The Kier molecular flexibility index (Phi) is 5.43. The molecule has 116 valence electrons. The van der Waals surface area contributed by atoms with Crippen LogP contribution in [0.5, 0.6) is 0 Å². The summed E-state index contributed by atoms with van der Waals surface area (Å²) in [6.07, 6.45) is 8.81. The Labute approximate surface area is 122 Å². The molecular formula is C14H26N2O3S. The minimum absolute atomic E-state index is 0.213. The van der Waals surface area contributed by atoms with Crippen LogP contribution in [0, 0.1) is 11.8 Å². The third kappa shape index (κ3) is 4.74. The minimum Gasteiger partial charge on any atom is -0.342 e. The van der Waals surface area contributed by atoms with Crippen molar-refractivity contribution < 1.29 is 13.2 Å². The highest BCUT2D eigenvalue weighted by atomic mass is 32.2. The summed E-state index contributed by atoms with van der Waals surface area (Å²) in [4.78, 5) is 14.5. The van der Waals surface area contributed by atoms with E-state index in [-0.39, 0.29) is 11.8 Å². The number of likely N-dealkylation sites (tertiary alicyclic amines) is 1. The maximum Gasteiger partial charge on any atom is 0.225 e. The molecule has 0 aromatic rings. The van der Waals surface area contributed by atoms with Crippen LogP contribution in [0.4, 0.5) is 0 Å². The maximum atomic E-state index is 12.5. The third-order valence-corrected chi connectivity index (χ3v) is 5.11. The molecule has 2 rings (SSSR count). The quantitative estimate of drug-likeness (QED) is 0.852. The Hall–Kier alpha value is -0.620. The lowest BCUT2D eigenvalue weighted by Crippen LogP contribution is -2.46. The van der Waals surface area contributed by atoms with Gasteiger partial charge in [-0.3, -0.25) is 4.79 Å². The van der Waals surface area contributed by atoms with Crippen molar-refractivity contribution in [3.8, 4) is 0 Å². The van der Waals surface area contributed by atoms with Crippen LogP contribution in [0.3, 0.4) is 0 Å². The van der Waals surface area contributed by atoms with Crippen LogP contribution in [0.15, 0.2) is 0 Å². The predicted octanol–water partition coefficient (Wildman–Crippen LogP) is 1.35. The van der Waals surface area contributed by atoms with E-state index in [4.69, 9.17) is 0 Å². The number of amides is 1. The van der Waals surface area contributed by atoms with Crippen LogP contribution in [0.25, 0.3) is 0 Å². The Morgan fingerprint density at radius 1 is 1.15 bits per heavy atom. The smallest absolute Gasteiger partial charge is 0.225 e. The van der Waals surface area contributed by atoms with E-state index in [9.17, 15) is 13.2 Å². The fourth-order valence-corrected chi connectivity index (χ4v) is 3.85. The van der Waals surface area contributed by atoms with Crippen molar-refractivity contribution in [2.75, 3.05) is 25.9 Å². The lowest BCUT2D eigenvalue weighted by atomic mass is 9.87. The zero-order valence-electron chi connectivity index (χ0n) is 12.3. The molecule has 1 saturated carbocycles. The Morgan fingerprint density at radius 2 is 1.85 bits per heavy atom. The van der Waals surface area contributed by atoms with Crippen LogP contribution >= 0.6 is 0 Å². The molecule has 2 aliphatic rings. The van der Waals surface area contributed by atoms with E-state index < -0.39 is 10.0 Å². The van der Waals surface area contributed by atoms with E-state index in [1.54, 1.807) is 0 Å². The zero-order valence-corrected chi connectivity index (χ0v) is 13.1. The number of nitrogens with zero attached hydrogens (tertiary/aromatic N) is 1. The lowest BCUT2D eigenvalue weighted by Gasteiger charge is -2.36. The molecule has 20 heavy (non-hydrogen) atoms. The van der Waals surface area contributed by atoms with Gasteiger partial charge in [0.2, 0.25) is 15.9 Å². The highest BCUT2D eigenvalue weighted by Crippen LogP contribution is 2.27. The summed E-state index contributed by atoms with van der Waals surface area (Å²) in [5, 5.41) is 0. The molecule has 1 aliphatic heterocycles. The molecule has 1 amide bonds. The Balaban J connectivity index is 1.84. The monoisotopic (exact) mass is 302 g/mol. The minimum atomic E-state index is -3.14. The summed E-state index contributed by atoms with van der Waals surface area (Å²) < 4.78 is 24.9. The second-order valence-electron chi connectivity index (χ2n) is 6.25. The predicted molar refractivity (Wildman–Crippen MR) is 78.7 cm³/mol. The van der Waals surface area contributed by atoms with Gasteiger partial charge in [0.1, 0.15) is 0 Å². The first kappa shape index (κ1) is 15.8. The third-order valence-electron chi connectivity index (χ3n) is 4.42. The van der Waals surface area contributed by atoms with Gasteiger partial charge < -0.3 is 4.90 Å². The summed E-state index contributed by atoms with van der Waals surface area (Å²) in [5.41, 5.74) is 0. The fourth-order valence-electron chi connectivity index (χ4n) is 3.31. The van der Waals surface area contributed by atoms with Crippen LogP contribution < -0.4 is 4.72 Å². The molecule has 1 unspecified atom stereocenters. The standard InChI is InChI=1S/C14H26N2O3S/c1-20(18,19)15-10-12-6-5-9-16(11-12)14(17)13-7-3-2-4-8-13/h12-13,15H,2-11H2,1H3. The molecule has 1 saturated heterocycles. The van der Waals surface area contributed by atoms with Crippen LogP contribution in [0.2, 0.25) is 0 Å². The van der Waals surface area contributed by atoms with E-state index in [1.165, 1.54) is 25.5 Å². The van der Waals surface area contributed by atoms with Crippen molar-refractivity contribution >= 4 is 15.9 Å². The zero-order chi connectivity index (χ0) is 14.6. The molecule has 1 N–H and O–H groups in total. The summed E-state index contributed by atoms with van der Waals surface area (Å²) in [6.45, 7) is 2.00. The second-order valence-corrected chi connectivity index (χ2v) is 8.08. The van der Waals surface area contributed by atoms with Crippen LogP contribution in [0.1, 0.15) is 44.9 Å². The number of carbonyl (C=O) groups is 1. The van der Waals surface area contributed by atoms with Crippen LogP contribution in [-0.2, 0) is 14.8 Å². The van der Waals surface area contributed by atoms with Gasteiger partial charge >= 0.3 is 0 Å². The number of rotatable bonds is 4. The Bertz CT molecular complexity index is 430. The summed E-state index contributed by atoms with van der Waals surface area (Å²) >= 11 is 0. The Morgan fingerprint density at radius 3 is 2.50 bits per heavy atom. The number of nitrogens with one attached hydrogen (secondary N) is 1. The number of hydrogen-bond acceptors (Lipinski definition) is 3. The van der Waals surface area contributed by atoms with Gasteiger partial charge in [0.25, 0.3) is 0 Å². The van der Waals surface area contributed by atoms with E-state index >= 15 is 0 Å². The molecule has 0 aromatic carbocycles. The largest absolute Gasteiger partial charge is 0.342 e. The molecule has 2 fully saturated rings. The normalized spacial score (nSPS) is 25.6. The van der Waals surface area contributed by atoms with Gasteiger partial charge in [0.05, 0.1) is 6.26 Å². The average Bonchev–Trinajstić information content (AvgIpc) is 2.45. The molecule has 1 atom stereocenters. The van der Waals surface area contributed by atoms with Crippen molar-refractivity contribution in [2.24, 2.45) is 11.8 Å². The van der Waals surface area contributed by atoms with Crippen molar-refractivity contribution in [3.63, 3.8) is 0 Å². The average molecular weight is 302 g/mol. The molecule has 0 bridgehead atoms. The first-order chi connectivity index (χ1) is 9.46. The van der Waals surface area contributed by atoms with Gasteiger partial charge in [0.15, 0.2) is 0 Å². The van der Waals surface area contributed by atoms with Crippen molar-refractivity contribution in [3.05, 3.63) is 0 Å². The van der Waals surface area contributed by atoms with Gasteiger partial charge in [0, 0.05) is 25.6 Å². The number of sulfonamides is 1. The maximum absolute atomic E-state index is 12.5. The van der Waals surface area contributed by atoms with Gasteiger partial charge in [-0.05, 0) is 31.6 Å². The van der Waals surface area contributed by atoms with Crippen molar-refractivity contribution in [1.82, 2.24) is 9.62 Å². The molecule has 0 aromatic heterocycles. The number of hydrogen-bond donors (Lipinski definition) is 1. The van der Waals surface area contributed by atoms with Gasteiger partial charge in [-0.25, -0.2) is 13.1 Å². The fraction of sp³-hybridized carbons (Fsp3) is 0.929. The summed E-state index contributed by atoms with van der Waals surface area (Å²) in [7, 11) is -3.14. The van der Waals surface area contributed by atoms with Gasteiger partial charge in [-0.2, -0.15) is 0 Å². The summed E-state index contributed by atoms with van der Waals surface area (Å²) in [6, 6.07) is 0. The van der Waals surface area contributed by atoms with E-state index in [1.807, 2.05) is 4.90 Å². The summed E-state index contributed by atoms with van der Waals surface area (Å²) in [5.74, 6) is 0.769. The molecule has 6 heteroatoms. The second kappa shape index (κ2) is 6.89. The van der Waals surface area contributed by atoms with E-state index in [2.05, 4.69) is 4.72 Å². The van der Waals surface area contributed by atoms with Gasteiger partial charge in [-0.1, -0.05) is 19.3 Å². The molecule has 0 spiro atoms.